The maximum atomic E-state index is 5.77. The Bertz CT molecular complexity index is 584. The zero-order valence-corrected chi connectivity index (χ0v) is 13.3. The molecule has 0 saturated carbocycles. The van der Waals surface area contributed by atoms with Crippen molar-refractivity contribution in [3.8, 4) is 11.5 Å². The van der Waals surface area contributed by atoms with Gasteiger partial charge < -0.3 is 19.3 Å². The third-order valence-electron chi connectivity index (χ3n) is 2.71. The summed E-state index contributed by atoms with van der Waals surface area (Å²) in [4.78, 5) is 0. The van der Waals surface area contributed by atoms with Gasteiger partial charge in [-0.1, -0.05) is 5.16 Å². The molecule has 0 spiro atoms. The molecule has 0 saturated heterocycles. The van der Waals surface area contributed by atoms with Crippen LogP contribution in [0.4, 0.5) is 0 Å². The summed E-state index contributed by atoms with van der Waals surface area (Å²) < 4.78 is 17.1. The Morgan fingerprint density at radius 2 is 2.15 bits per heavy atom. The molecule has 0 fully saturated rings. The summed E-state index contributed by atoms with van der Waals surface area (Å²) in [6, 6.07) is 5.79. The predicted octanol–water partition coefficient (Wildman–Crippen LogP) is 3.05. The lowest BCUT2D eigenvalue weighted by molar-refractivity contribution is 0.237. The van der Waals surface area contributed by atoms with Gasteiger partial charge in [0.05, 0.1) is 17.3 Å². The summed E-state index contributed by atoms with van der Waals surface area (Å²) in [7, 11) is 3.52. The smallest absolute Gasteiger partial charge is 0.176 e. The Kier molecular flexibility index (Phi) is 5.03. The number of rotatable bonds is 6. The highest BCUT2D eigenvalue weighted by atomic mass is 79.9. The molecule has 108 valence electrons. The first kappa shape index (κ1) is 14.9. The highest BCUT2D eigenvalue weighted by molar-refractivity contribution is 9.10. The summed E-state index contributed by atoms with van der Waals surface area (Å²) >= 11 is 3.51. The molecule has 1 heterocycles. The van der Waals surface area contributed by atoms with Crippen LogP contribution in [0.15, 0.2) is 27.2 Å². The van der Waals surface area contributed by atoms with E-state index in [9.17, 15) is 0 Å². The summed E-state index contributed by atoms with van der Waals surface area (Å²) in [6.45, 7) is 2.94. The normalized spacial score (nSPS) is 10.6. The SMILES string of the molecule is CNCc1cc(Br)c(OCc2cc(C)no2)c(OC)c1. The van der Waals surface area contributed by atoms with E-state index in [0.29, 0.717) is 23.9 Å². The number of ether oxygens (including phenoxy) is 2. The van der Waals surface area contributed by atoms with Gasteiger partial charge in [-0.2, -0.15) is 0 Å². The minimum atomic E-state index is 0.307. The van der Waals surface area contributed by atoms with Crippen LogP contribution < -0.4 is 14.8 Å². The number of aryl methyl sites for hydroxylation is 1. The van der Waals surface area contributed by atoms with Gasteiger partial charge >= 0.3 is 0 Å². The lowest BCUT2D eigenvalue weighted by atomic mass is 10.2. The molecule has 1 N–H and O–H groups in total. The summed E-state index contributed by atoms with van der Waals surface area (Å²) in [5.74, 6) is 2.01. The number of nitrogens with zero attached hydrogens (tertiary/aromatic N) is 1. The molecular weight excluding hydrogens is 324 g/mol. The molecule has 0 bridgehead atoms. The maximum Gasteiger partial charge on any atom is 0.176 e. The average Bonchev–Trinajstić information content (AvgIpc) is 2.83. The van der Waals surface area contributed by atoms with Crippen molar-refractivity contribution in [1.82, 2.24) is 10.5 Å². The zero-order valence-electron chi connectivity index (χ0n) is 11.7. The largest absolute Gasteiger partial charge is 0.493 e. The van der Waals surface area contributed by atoms with E-state index in [1.807, 2.05) is 32.2 Å². The van der Waals surface area contributed by atoms with Crippen molar-refractivity contribution in [1.29, 1.82) is 0 Å². The number of halogens is 1. The van der Waals surface area contributed by atoms with Gasteiger partial charge in [0, 0.05) is 12.6 Å². The Labute approximate surface area is 126 Å². The fourth-order valence-electron chi connectivity index (χ4n) is 1.85. The van der Waals surface area contributed by atoms with Crippen LogP contribution in [0.1, 0.15) is 17.0 Å². The first-order chi connectivity index (χ1) is 9.63. The van der Waals surface area contributed by atoms with Crippen LogP contribution in [0.3, 0.4) is 0 Å². The summed E-state index contributed by atoms with van der Waals surface area (Å²) in [5, 5.41) is 6.93. The van der Waals surface area contributed by atoms with Crippen molar-refractivity contribution < 1.29 is 14.0 Å². The standard InChI is InChI=1S/C14H17BrN2O3/c1-9-4-11(20-17-9)8-19-14-12(15)5-10(7-16-2)6-13(14)18-3/h4-6,16H,7-8H2,1-3H3. The topological polar surface area (TPSA) is 56.5 Å². The number of hydrogen-bond acceptors (Lipinski definition) is 5. The van der Waals surface area contributed by atoms with E-state index >= 15 is 0 Å². The van der Waals surface area contributed by atoms with E-state index in [0.717, 1.165) is 22.3 Å². The Morgan fingerprint density at radius 3 is 2.75 bits per heavy atom. The number of hydrogen-bond donors (Lipinski definition) is 1. The molecule has 5 nitrogen and oxygen atoms in total. The molecule has 0 aliphatic rings. The Morgan fingerprint density at radius 1 is 1.35 bits per heavy atom. The fraction of sp³-hybridized carbons (Fsp3) is 0.357. The van der Waals surface area contributed by atoms with Crippen LogP contribution in [-0.4, -0.2) is 19.3 Å². The molecular formula is C14H17BrN2O3. The molecule has 2 rings (SSSR count). The van der Waals surface area contributed by atoms with E-state index in [1.165, 1.54) is 0 Å². The molecule has 0 aliphatic heterocycles. The Hall–Kier alpha value is -1.53. The second kappa shape index (κ2) is 6.76. The molecule has 0 atom stereocenters. The van der Waals surface area contributed by atoms with Gasteiger partial charge in [0.15, 0.2) is 17.3 Å². The maximum absolute atomic E-state index is 5.77. The number of benzene rings is 1. The van der Waals surface area contributed by atoms with Crippen LogP contribution in [0.5, 0.6) is 11.5 Å². The van der Waals surface area contributed by atoms with Crippen molar-refractivity contribution in [2.24, 2.45) is 0 Å². The van der Waals surface area contributed by atoms with Crippen molar-refractivity contribution in [2.45, 2.75) is 20.1 Å². The second-order valence-corrected chi connectivity index (χ2v) is 5.22. The van der Waals surface area contributed by atoms with E-state index in [1.54, 1.807) is 7.11 Å². The molecule has 20 heavy (non-hydrogen) atoms. The first-order valence-corrected chi connectivity index (χ1v) is 6.99. The third-order valence-corrected chi connectivity index (χ3v) is 3.29. The van der Waals surface area contributed by atoms with Crippen LogP contribution in [-0.2, 0) is 13.2 Å². The summed E-state index contributed by atoms with van der Waals surface area (Å²) in [6.07, 6.45) is 0. The van der Waals surface area contributed by atoms with Crippen LogP contribution in [0.2, 0.25) is 0 Å². The minimum absolute atomic E-state index is 0.307. The lowest BCUT2D eigenvalue weighted by Gasteiger charge is -2.13. The molecule has 0 aliphatic carbocycles. The molecule has 0 amide bonds. The molecule has 2 aromatic rings. The van der Waals surface area contributed by atoms with E-state index in [4.69, 9.17) is 14.0 Å². The van der Waals surface area contributed by atoms with Gasteiger partial charge in [0.25, 0.3) is 0 Å². The minimum Gasteiger partial charge on any atom is -0.493 e. The molecule has 6 heteroatoms. The molecule has 1 aromatic carbocycles. The van der Waals surface area contributed by atoms with Gasteiger partial charge in [-0.25, -0.2) is 0 Å². The van der Waals surface area contributed by atoms with Crippen molar-refractivity contribution in [3.63, 3.8) is 0 Å². The Balaban J connectivity index is 2.17. The van der Waals surface area contributed by atoms with Gasteiger partial charge in [-0.3, -0.25) is 0 Å². The molecule has 1 aromatic heterocycles. The van der Waals surface area contributed by atoms with Crippen LogP contribution in [0, 0.1) is 6.92 Å². The van der Waals surface area contributed by atoms with Gasteiger partial charge in [-0.05, 0) is 47.6 Å². The summed E-state index contributed by atoms with van der Waals surface area (Å²) in [5.41, 5.74) is 1.94. The van der Waals surface area contributed by atoms with Crippen LogP contribution >= 0.6 is 15.9 Å². The second-order valence-electron chi connectivity index (χ2n) is 4.36. The lowest BCUT2D eigenvalue weighted by Crippen LogP contribution is -2.06. The average molecular weight is 341 g/mol. The molecule has 0 radical (unpaired) electrons. The fourth-order valence-corrected chi connectivity index (χ4v) is 2.45. The van der Waals surface area contributed by atoms with E-state index in [2.05, 4.69) is 26.4 Å². The first-order valence-electron chi connectivity index (χ1n) is 6.20. The number of nitrogens with one attached hydrogen (secondary N) is 1. The quantitative estimate of drug-likeness (QED) is 0.875. The van der Waals surface area contributed by atoms with E-state index in [-0.39, 0.29) is 0 Å². The monoisotopic (exact) mass is 340 g/mol. The van der Waals surface area contributed by atoms with Crippen molar-refractivity contribution in [2.75, 3.05) is 14.2 Å². The third kappa shape index (κ3) is 3.52. The van der Waals surface area contributed by atoms with Crippen molar-refractivity contribution in [3.05, 3.63) is 39.7 Å². The van der Waals surface area contributed by atoms with Gasteiger partial charge in [0.2, 0.25) is 0 Å². The zero-order chi connectivity index (χ0) is 14.5. The van der Waals surface area contributed by atoms with Gasteiger partial charge in [-0.15, -0.1) is 0 Å². The van der Waals surface area contributed by atoms with Crippen molar-refractivity contribution >= 4 is 15.9 Å². The van der Waals surface area contributed by atoms with Crippen LogP contribution in [0.25, 0.3) is 0 Å². The van der Waals surface area contributed by atoms with Gasteiger partial charge in [0.1, 0.15) is 6.61 Å². The highest BCUT2D eigenvalue weighted by Gasteiger charge is 2.13. The van der Waals surface area contributed by atoms with E-state index < -0.39 is 0 Å². The predicted molar refractivity (Wildman–Crippen MR) is 79.0 cm³/mol. The molecule has 0 unspecified atom stereocenters. The number of aromatic nitrogens is 1. The highest BCUT2D eigenvalue weighted by Crippen LogP contribution is 2.37. The number of methoxy groups -OCH3 is 1.